The fourth-order valence-electron chi connectivity index (χ4n) is 1.59. The summed E-state index contributed by atoms with van der Waals surface area (Å²) in [7, 11) is 0. The SMILES string of the molecule is Cc1cc(Cc2noc(-c3scnc3C)n2)no1. The molecule has 3 heterocycles. The van der Waals surface area contributed by atoms with Crippen LogP contribution in [-0.2, 0) is 6.42 Å². The highest BCUT2D eigenvalue weighted by Crippen LogP contribution is 2.25. The quantitative estimate of drug-likeness (QED) is 0.721. The third kappa shape index (κ3) is 2.04. The monoisotopic (exact) mass is 262 g/mol. The molecule has 7 heteroatoms. The van der Waals surface area contributed by atoms with Crippen molar-refractivity contribution >= 4 is 11.3 Å². The molecule has 0 unspecified atom stereocenters. The number of nitrogens with zero attached hydrogens (tertiary/aromatic N) is 4. The summed E-state index contributed by atoms with van der Waals surface area (Å²) in [6.07, 6.45) is 0.499. The number of hydrogen-bond donors (Lipinski definition) is 0. The Hall–Kier alpha value is -2.02. The van der Waals surface area contributed by atoms with E-state index in [2.05, 4.69) is 20.3 Å². The Labute approximate surface area is 107 Å². The van der Waals surface area contributed by atoms with E-state index in [0.29, 0.717) is 18.1 Å². The molecule has 0 atom stereocenters. The van der Waals surface area contributed by atoms with Crippen LogP contribution in [0.1, 0.15) is 23.0 Å². The maximum Gasteiger partial charge on any atom is 0.269 e. The van der Waals surface area contributed by atoms with Gasteiger partial charge in [0.05, 0.1) is 23.3 Å². The van der Waals surface area contributed by atoms with Gasteiger partial charge in [-0.3, -0.25) is 0 Å². The maximum atomic E-state index is 5.22. The molecule has 0 aliphatic heterocycles. The molecule has 0 aliphatic rings. The number of hydrogen-bond acceptors (Lipinski definition) is 7. The Morgan fingerprint density at radius 2 is 2.11 bits per heavy atom. The highest BCUT2D eigenvalue weighted by Gasteiger charge is 2.14. The van der Waals surface area contributed by atoms with E-state index >= 15 is 0 Å². The number of rotatable bonds is 3. The average Bonchev–Trinajstić information content (AvgIpc) is 3.02. The van der Waals surface area contributed by atoms with Gasteiger partial charge in [0, 0.05) is 6.07 Å². The first-order valence-corrected chi connectivity index (χ1v) is 6.25. The molecule has 0 bridgehead atoms. The van der Waals surface area contributed by atoms with E-state index in [1.54, 1.807) is 5.51 Å². The molecule has 0 aliphatic carbocycles. The van der Waals surface area contributed by atoms with Crippen molar-refractivity contribution in [3.05, 3.63) is 34.5 Å². The third-order valence-electron chi connectivity index (χ3n) is 2.42. The molecule has 3 rings (SSSR count). The van der Waals surface area contributed by atoms with Crippen LogP contribution in [-0.4, -0.2) is 20.3 Å². The zero-order chi connectivity index (χ0) is 12.5. The summed E-state index contributed by atoms with van der Waals surface area (Å²) in [6.45, 7) is 3.76. The summed E-state index contributed by atoms with van der Waals surface area (Å²) in [6, 6.07) is 1.86. The van der Waals surface area contributed by atoms with Crippen LogP contribution in [0.2, 0.25) is 0 Å². The van der Waals surface area contributed by atoms with Crippen molar-refractivity contribution in [1.82, 2.24) is 20.3 Å². The highest BCUT2D eigenvalue weighted by molar-refractivity contribution is 7.13. The lowest BCUT2D eigenvalue weighted by Gasteiger charge is -1.87. The van der Waals surface area contributed by atoms with Crippen molar-refractivity contribution in [3.63, 3.8) is 0 Å². The van der Waals surface area contributed by atoms with Crippen LogP contribution < -0.4 is 0 Å². The standard InChI is InChI=1S/C11H10N4O2S/c1-6-3-8(14-16-6)4-9-13-11(17-15-9)10-7(2)12-5-18-10/h3,5H,4H2,1-2H3. The summed E-state index contributed by atoms with van der Waals surface area (Å²) < 4.78 is 10.2. The molecule has 0 radical (unpaired) electrons. The second kappa shape index (κ2) is 4.34. The van der Waals surface area contributed by atoms with Crippen LogP contribution in [0.3, 0.4) is 0 Å². The lowest BCUT2D eigenvalue weighted by atomic mass is 10.3. The summed E-state index contributed by atoms with van der Waals surface area (Å²) in [5.41, 5.74) is 3.45. The predicted octanol–water partition coefficient (Wildman–Crippen LogP) is 2.39. The van der Waals surface area contributed by atoms with Gasteiger partial charge in [-0.2, -0.15) is 4.98 Å². The maximum absolute atomic E-state index is 5.22. The predicted molar refractivity (Wildman–Crippen MR) is 64.2 cm³/mol. The van der Waals surface area contributed by atoms with Crippen molar-refractivity contribution in [2.24, 2.45) is 0 Å². The summed E-state index contributed by atoms with van der Waals surface area (Å²) in [5.74, 6) is 1.86. The zero-order valence-electron chi connectivity index (χ0n) is 9.88. The molecule has 92 valence electrons. The molecule has 0 fully saturated rings. The van der Waals surface area contributed by atoms with Gasteiger partial charge in [0.2, 0.25) is 0 Å². The molecule has 3 aromatic rings. The van der Waals surface area contributed by atoms with E-state index in [0.717, 1.165) is 22.0 Å². The topological polar surface area (TPSA) is 77.8 Å². The second-order valence-corrected chi connectivity index (χ2v) is 4.74. The first kappa shape index (κ1) is 11.1. The summed E-state index contributed by atoms with van der Waals surface area (Å²) >= 11 is 1.48. The molecule has 0 spiro atoms. The Morgan fingerprint density at radius 3 is 2.78 bits per heavy atom. The Kier molecular flexibility index (Phi) is 2.67. The molecule has 0 aromatic carbocycles. The van der Waals surface area contributed by atoms with Gasteiger partial charge in [-0.05, 0) is 13.8 Å². The lowest BCUT2D eigenvalue weighted by Crippen LogP contribution is -1.90. The van der Waals surface area contributed by atoms with Crippen LogP contribution in [0.15, 0.2) is 20.6 Å². The van der Waals surface area contributed by atoms with Crippen molar-refractivity contribution in [2.75, 3.05) is 0 Å². The van der Waals surface area contributed by atoms with Gasteiger partial charge < -0.3 is 9.05 Å². The molecular weight excluding hydrogens is 252 g/mol. The van der Waals surface area contributed by atoms with E-state index < -0.39 is 0 Å². The van der Waals surface area contributed by atoms with Crippen molar-refractivity contribution in [2.45, 2.75) is 20.3 Å². The molecule has 6 nitrogen and oxygen atoms in total. The number of thiazole rings is 1. The van der Waals surface area contributed by atoms with Crippen LogP contribution >= 0.6 is 11.3 Å². The molecule has 18 heavy (non-hydrogen) atoms. The molecule has 0 saturated heterocycles. The van der Waals surface area contributed by atoms with Crippen molar-refractivity contribution in [1.29, 1.82) is 0 Å². The number of aromatic nitrogens is 4. The zero-order valence-corrected chi connectivity index (χ0v) is 10.7. The summed E-state index contributed by atoms with van der Waals surface area (Å²) in [5, 5.41) is 7.82. The van der Waals surface area contributed by atoms with E-state index in [-0.39, 0.29) is 0 Å². The van der Waals surface area contributed by atoms with E-state index in [1.807, 2.05) is 19.9 Å². The first-order chi connectivity index (χ1) is 8.72. The average molecular weight is 262 g/mol. The summed E-state index contributed by atoms with van der Waals surface area (Å²) in [4.78, 5) is 9.39. The Bertz CT molecular complexity index is 670. The smallest absolute Gasteiger partial charge is 0.269 e. The lowest BCUT2D eigenvalue weighted by molar-refractivity contribution is 0.390. The molecule has 3 aromatic heterocycles. The van der Waals surface area contributed by atoms with E-state index in [9.17, 15) is 0 Å². The first-order valence-electron chi connectivity index (χ1n) is 5.37. The van der Waals surface area contributed by atoms with Crippen molar-refractivity contribution in [3.8, 4) is 10.8 Å². The van der Waals surface area contributed by atoms with Crippen LogP contribution in [0, 0.1) is 13.8 Å². The van der Waals surface area contributed by atoms with Crippen molar-refractivity contribution < 1.29 is 9.05 Å². The van der Waals surface area contributed by atoms with Gasteiger partial charge in [-0.15, -0.1) is 11.3 Å². The van der Waals surface area contributed by atoms with Gasteiger partial charge in [0.1, 0.15) is 10.6 Å². The van der Waals surface area contributed by atoms with Crippen LogP contribution in [0.4, 0.5) is 0 Å². The second-order valence-electron chi connectivity index (χ2n) is 3.89. The normalized spacial score (nSPS) is 11.0. The molecule has 0 amide bonds. The largest absolute Gasteiger partial charge is 0.361 e. The Balaban J connectivity index is 1.84. The fourth-order valence-corrected chi connectivity index (χ4v) is 2.31. The van der Waals surface area contributed by atoms with E-state index in [4.69, 9.17) is 9.05 Å². The molecule has 0 N–H and O–H groups in total. The fraction of sp³-hybridized carbons (Fsp3) is 0.273. The van der Waals surface area contributed by atoms with Gasteiger partial charge in [0.15, 0.2) is 5.82 Å². The van der Waals surface area contributed by atoms with Gasteiger partial charge in [0.25, 0.3) is 5.89 Å². The van der Waals surface area contributed by atoms with Crippen LogP contribution in [0.5, 0.6) is 0 Å². The Morgan fingerprint density at radius 1 is 1.22 bits per heavy atom. The van der Waals surface area contributed by atoms with E-state index in [1.165, 1.54) is 11.3 Å². The minimum atomic E-state index is 0.499. The van der Waals surface area contributed by atoms with Crippen LogP contribution in [0.25, 0.3) is 10.8 Å². The highest BCUT2D eigenvalue weighted by atomic mass is 32.1. The minimum absolute atomic E-state index is 0.499. The minimum Gasteiger partial charge on any atom is -0.361 e. The molecule has 0 saturated carbocycles. The molecular formula is C11H10N4O2S. The van der Waals surface area contributed by atoms with Gasteiger partial charge in [-0.1, -0.05) is 10.3 Å². The number of aryl methyl sites for hydroxylation is 2. The van der Waals surface area contributed by atoms with Gasteiger partial charge in [-0.25, -0.2) is 4.98 Å². The third-order valence-corrected chi connectivity index (χ3v) is 3.34. The van der Waals surface area contributed by atoms with Gasteiger partial charge >= 0.3 is 0 Å².